The summed E-state index contributed by atoms with van der Waals surface area (Å²) in [5, 5.41) is 0.793. The van der Waals surface area contributed by atoms with Crippen LogP contribution in [0.15, 0.2) is 206 Å². The van der Waals surface area contributed by atoms with Crippen LogP contribution in [0.5, 0.6) is 0 Å². The molecule has 0 N–H and O–H groups in total. The first-order valence-corrected chi connectivity index (χ1v) is 35.8. The zero-order valence-electron chi connectivity index (χ0n) is 48.9. The van der Waals surface area contributed by atoms with Crippen LogP contribution in [-0.2, 0) is 0 Å². The molecule has 0 saturated heterocycles. The third-order valence-corrected chi connectivity index (χ3v) is 28.4. The van der Waals surface area contributed by atoms with Gasteiger partial charge in [0.1, 0.15) is 0 Å². The van der Waals surface area contributed by atoms with Crippen molar-refractivity contribution in [1.82, 2.24) is 0 Å². The molecule has 0 aromatic heterocycles. The molecule has 0 bridgehead atoms. The zero-order chi connectivity index (χ0) is 53.8. The van der Waals surface area contributed by atoms with E-state index in [4.69, 9.17) is 0 Å². The Hall–Kier alpha value is -4.24. The first-order chi connectivity index (χ1) is 40.7. The Balaban J connectivity index is 0.609. The van der Waals surface area contributed by atoms with Crippen LogP contribution in [0, 0.1) is 94.7 Å². The van der Waals surface area contributed by atoms with Gasteiger partial charge in [-0.05, 0) is 274 Å². The van der Waals surface area contributed by atoms with Gasteiger partial charge in [0.15, 0.2) is 0 Å². The van der Waals surface area contributed by atoms with Crippen LogP contribution in [0.2, 0.25) is 0 Å². The van der Waals surface area contributed by atoms with Gasteiger partial charge in [-0.3, -0.25) is 0 Å². The topological polar surface area (TPSA) is 0 Å². The first kappa shape index (κ1) is 52.1. The minimum absolute atomic E-state index is 0.556. The third-order valence-electron chi connectivity index (χ3n) is 25.5. The summed E-state index contributed by atoms with van der Waals surface area (Å²) in [6.07, 6.45) is 76.3. The molecule has 2 saturated carbocycles. The summed E-state index contributed by atoms with van der Waals surface area (Å²) in [5.74, 6) is 13.0. The zero-order valence-corrected chi connectivity index (χ0v) is 50.6. The van der Waals surface area contributed by atoms with E-state index in [1.807, 2.05) is 16.1 Å². The van der Waals surface area contributed by atoms with E-state index in [1.54, 1.807) is 48.8 Å². The lowest BCUT2D eigenvalue weighted by Gasteiger charge is -2.55. The first-order valence-electron chi connectivity index (χ1n) is 34.1. The van der Waals surface area contributed by atoms with Crippen molar-refractivity contribution < 1.29 is 0 Å². The van der Waals surface area contributed by atoms with Crippen molar-refractivity contribution in [2.75, 3.05) is 0 Å². The number of allylic oxidation sites excluding steroid dienone is 26. The second kappa shape index (κ2) is 21.9. The Morgan fingerprint density at radius 3 is 2.18 bits per heavy atom. The molecule has 2 heterocycles. The molecule has 13 aliphatic carbocycles. The van der Waals surface area contributed by atoms with E-state index in [-0.39, 0.29) is 0 Å². The second-order valence-corrected chi connectivity index (χ2v) is 31.5. The Kier molecular flexibility index (Phi) is 13.9. The average molecular weight is 1120 g/mol. The van der Waals surface area contributed by atoms with E-state index < -0.39 is 0 Å². The summed E-state index contributed by atoms with van der Waals surface area (Å²) in [6, 6.07) is 19.7. The molecule has 2 heteroatoms. The minimum Gasteiger partial charge on any atom is -0.126 e. The van der Waals surface area contributed by atoms with Crippen LogP contribution in [0.4, 0.5) is 0 Å². The minimum atomic E-state index is 0.556. The van der Waals surface area contributed by atoms with Gasteiger partial charge in [0.25, 0.3) is 0 Å². The van der Waals surface area contributed by atoms with E-state index in [1.165, 1.54) is 141 Å². The Labute approximate surface area is 501 Å². The van der Waals surface area contributed by atoms with E-state index in [0.29, 0.717) is 71.0 Å². The fourth-order valence-electron chi connectivity index (χ4n) is 22.1. The van der Waals surface area contributed by atoms with Crippen LogP contribution in [-0.4, -0.2) is 5.25 Å². The summed E-state index contributed by atoms with van der Waals surface area (Å²) in [7, 11) is 0. The molecule has 2 aromatic carbocycles. The van der Waals surface area contributed by atoms with Crippen LogP contribution >= 0.6 is 23.5 Å². The number of benzene rings is 2. The summed E-state index contributed by atoms with van der Waals surface area (Å²) in [5.41, 5.74) is 15.8. The number of hydrogen-bond donors (Lipinski definition) is 0. The highest BCUT2D eigenvalue weighted by Crippen LogP contribution is 2.67. The molecule has 15 aliphatic rings. The molecule has 422 valence electrons. The number of thioether (sulfide) groups is 2. The van der Waals surface area contributed by atoms with Gasteiger partial charge < -0.3 is 0 Å². The lowest BCUT2D eigenvalue weighted by Crippen LogP contribution is -2.47. The van der Waals surface area contributed by atoms with Gasteiger partial charge in [-0.25, -0.2) is 0 Å². The fourth-order valence-corrected chi connectivity index (χ4v) is 25.4. The SMILES string of the molecule is C1=CC2C(C=C1)C(C1CCC3C4=C(CCC=C4)SC3C1)c1ccccc1C2C1CC=C(C2C=CC(C3CCC(C4C5=CCCCC5C(C5CC=CC(C6=CC=C7CCC=CC7C6)C5)C5CCC=CC45)=C4Sc5ccccc5C43)CC2)CC1. The molecule has 2 aromatic rings. The van der Waals surface area contributed by atoms with E-state index in [2.05, 4.69) is 181 Å². The van der Waals surface area contributed by atoms with Crippen LogP contribution in [0.1, 0.15) is 176 Å². The second-order valence-electron chi connectivity index (χ2n) is 29.1. The van der Waals surface area contributed by atoms with Crippen molar-refractivity contribution >= 4 is 23.5 Å². The van der Waals surface area contributed by atoms with Crippen molar-refractivity contribution in [1.29, 1.82) is 0 Å². The van der Waals surface area contributed by atoms with E-state index in [9.17, 15) is 0 Å². The third kappa shape index (κ3) is 8.93. The molecule has 82 heavy (non-hydrogen) atoms. The number of rotatable bonds is 7. The van der Waals surface area contributed by atoms with Gasteiger partial charge in [-0.2, -0.15) is 0 Å². The smallest absolute Gasteiger partial charge is 0.0198 e. The normalized spacial score (nSPS) is 42.0. The van der Waals surface area contributed by atoms with Gasteiger partial charge in [-0.1, -0.05) is 191 Å². The standard InChI is InChI=1S/C80H90S2/c1-2-17-54-46-56(41-36-49(54)16-1)55-18-15-19-57(47-55)76-66-25-7-9-27-68(66)78(69-28-10-8-26-67(69)76)71-45-44-59(79-70-29-12-14-31-73(70)82-80(71)79)52-37-32-50(33-38-52)51-34-39-53(40-35-51)75-62-21-3-5-23-64(62)77(65-24-6-4-22-63(65)75)58-42-43-61-60-20-11-13-30-72(60)81-74(61)48-58/h2-6,9,11-12,14-15,17-18,20-24,27-29,31-32,34,36-37,41,50,52-55,57-59,61-62,64,66-68,74-79H,1,7-8,10,13,16,19,25-26,30,33,35,38-40,42-48H2. The summed E-state index contributed by atoms with van der Waals surface area (Å²) in [6.45, 7) is 0. The van der Waals surface area contributed by atoms with Gasteiger partial charge in [0.2, 0.25) is 0 Å². The maximum atomic E-state index is 2.85. The molecule has 0 radical (unpaired) electrons. The molecule has 0 nitrogen and oxygen atoms in total. The average Bonchev–Trinajstić information content (AvgIpc) is 2.91. The quantitative estimate of drug-likeness (QED) is 0.254. The molecule has 17 rings (SSSR count). The summed E-state index contributed by atoms with van der Waals surface area (Å²) < 4.78 is 0. The predicted molar refractivity (Wildman–Crippen MR) is 346 cm³/mol. The molecule has 2 aliphatic heterocycles. The van der Waals surface area contributed by atoms with Crippen molar-refractivity contribution in [3.63, 3.8) is 0 Å². The van der Waals surface area contributed by atoms with Gasteiger partial charge in [0.05, 0.1) is 0 Å². The maximum absolute atomic E-state index is 2.85. The van der Waals surface area contributed by atoms with Gasteiger partial charge in [0, 0.05) is 27.9 Å². The fraction of sp³-hybridized carbons (Fsp3) is 0.525. The predicted octanol–water partition coefficient (Wildman–Crippen LogP) is 21.6. The Morgan fingerprint density at radius 1 is 0.488 bits per heavy atom. The van der Waals surface area contributed by atoms with Crippen molar-refractivity contribution in [2.45, 2.75) is 169 Å². The van der Waals surface area contributed by atoms with Crippen LogP contribution in [0.3, 0.4) is 0 Å². The van der Waals surface area contributed by atoms with E-state index in [0.717, 1.165) is 46.7 Å². The van der Waals surface area contributed by atoms with Crippen molar-refractivity contribution in [3.05, 3.63) is 218 Å². The molecule has 20 atom stereocenters. The number of fused-ring (bicyclic) bond motifs is 10. The largest absolute Gasteiger partial charge is 0.126 e. The Morgan fingerprint density at radius 2 is 1.32 bits per heavy atom. The molecule has 20 unspecified atom stereocenters. The molecule has 0 spiro atoms. The molecular weight excluding hydrogens is 1030 g/mol. The number of hydrogen-bond acceptors (Lipinski definition) is 2. The van der Waals surface area contributed by atoms with Crippen LogP contribution < -0.4 is 0 Å². The van der Waals surface area contributed by atoms with Gasteiger partial charge >= 0.3 is 0 Å². The van der Waals surface area contributed by atoms with Gasteiger partial charge in [-0.15, -0.1) is 11.8 Å². The molecule has 2 fully saturated rings. The lowest BCUT2D eigenvalue weighted by molar-refractivity contribution is 0.0466. The highest BCUT2D eigenvalue weighted by molar-refractivity contribution is 8.04. The highest BCUT2D eigenvalue weighted by Gasteiger charge is 2.55. The lowest BCUT2D eigenvalue weighted by atomic mass is 9.49. The summed E-state index contributed by atoms with van der Waals surface area (Å²) in [4.78, 5) is 5.12. The molecule has 0 amide bonds. The highest BCUT2D eigenvalue weighted by atomic mass is 32.2. The van der Waals surface area contributed by atoms with Crippen molar-refractivity contribution in [3.8, 4) is 0 Å². The van der Waals surface area contributed by atoms with E-state index >= 15 is 0 Å². The summed E-state index contributed by atoms with van der Waals surface area (Å²) >= 11 is 4.52. The molecular formula is C80H90S2. The van der Waals surface area contributed by atoms with Crippen LogP contribution in [0.25, 0.3) is 0 Å². The van der Waals surface area contributed by atoms with Crippen molar-refractivity contribution in [2.24, 2.45) is 94.7 Å². The Bertz CT molecular complexity index is 3270. The monoisotopic (exact) mass is 1110 g/mol. The maximum Gasteiger partial charge on any atom is 0.0198 e.